The number of hydrogen-bond acceptors (Lipinski definition) is 6. The number of likely N-dealkylation sites (N-methyl/N-ethyl adjacent to an activating group) is 1. The second kappa shape index (κ2) is 10.4. The number of esters is 1. The van der Waals surface area contributed by atoms with Crippen molar-refractivity contribution in [3.8, 4) is 0 Å². The van der Waals surface area contributed by atoms with Gasteiger partial charge < -0.3 is 9.64 Å². The minimum absolute atomic E-state index is 0.241. The summed E-state index contributed by atoms with van der Waals surface area (Å²) in [5.74, 6) is -0.0629. The molecule has 7 heteroatoms. The number of nitrogens with zero attached hydrogens (tertiary/aromatic N) is 2. The molecule has 30 heavy (non-hydrogen) atoms. The molecule has 0 saturated heterocycles. The summed E-state index contributed by atoms with van der Waals surface area (Å²) in [6.07, 6.45) is 0. The van der Waals surface area contributed by atoms with E-state index in [1.165, 1.54) is 11.8 Å². The van der Waals surface area contributed by atoms with Crippen LogP contribution in [0, 0.1) is 13.8 Å². The first-order valence-corrected chi connectivity index (χ1v) is 11.4. The SMILES string of the molecule is Cc1nc(CSc2ccccc2C(=O)OCC(=O)N(C)Cc2ccccc2C)cs1. The molecule has 3 aromatic rings. The molecule has 0 saturated carbocycles. The first kappa shape index (κ1) is 22.1. The van der Waals surface area contributed by atoms with Gasteiger partial charge in [-0.3, -0.25) is 4.79 Å². The molecule has 0 spiro atoms. The number of carbonyl (C=O) groups is 2. The van der Waals surface area contributed by atoms with Crippen molar-refractivity contribution in [2.75, 3.05) is 13.7 Å². The molecule has 0 aliphatic carbocycles. The van der Waals surface area contributed by atoms with Crippen LogP contribution in [-0.2, 0) is 21.8 Å². The van der Waals surface area contributed by atoms with Crippen LogP contribution in [0.3, 0.4) is 0 Å². The molecule has 0 atom stereocenters. The number of amides is 1. The summed E-state index contributed by atoms with van der Waals surface area (Å²) in [4.78, 5) is 31.9. The molecule has 0 radical (unpaired) electrons. The van der Waals surface area contributed by atoms with Gasteiger partial charge in [-0.1, -0.05) is 36.4 Å². The van der Waals surface area contributed by atoms with Crippen LogP contribution in [0.4, 0.5) is 0 Å². The minimum atomic E-state index is -0.495. The molecule has 1 amide bonds. The van der Waals surface area contributed by atoms with Crippen LogP contribution in [0.25, 0.3) is 0 Å². The van der Waals surface area contributed by atoms with Crippen LogP contribution in [-0.4, -0.2) is 35.4 Å². The van der Waals surface area contributed by atoms with Crippen LogP contribution in [0.2, 0.25) is 0 Å². The molecular weight excluding hydrogens is 416 g/mol. The highest BCUT2D eigenvalue weighted by atomic mass is 32.2. The molecule has 0 N–H and O–H groups in total. The molecule has 1 aromatic heterocycles. The predicted octanol–water partition coefficient (Wildman–Crippen LogP) is 4.87. The number of carbonyl (C=O) groups excluding carboxylic acids is 2. The van der Waals surface area contributed by atoms with Crippen molar-refractivity contribution in [3.63, 3.8) is 0 Å². The summed E-state index contributed by atoms with van der Waals surface area (Å²) in [5.41, 5.74) is 3.64. The van der Waals surface area contributed by atoms with Crippen LogP contribution >= 0.6 is 23.1 Å². The summed E-state index contributed by atoms with van der Waals surface area (Å²) in [6.45, 7) is 4.17. The summed E-state index contributed by atoms with van der Waals surface area (Å²) < 4.78 is 5.32. The zero-order valence-corrected chi connectivity index (χ0v) is 18.9. The zero-order valence-electron chi connectivity index (χ0n) is 17.3. The fraction of sp³-hybridized carbons (Fsp3) is 0.261. The normalized spacial score (nSPS) is 10.6. The maximum absolute atomic E-state index is 12.6. The maximum Gasteiger partial charge on any atom is 0.339 e. The van der Waals surface area contributed by atoms with E-state index in [0.717, 1.165) is 26.7 Å². The van der Waals surface area contributed by atoms with E-state index in [0.29, 0.717) is 17.9 Å². The standard InChI is InChI=1S/C23H24N2O3S2/c1-16-8-4-5-9-18(16)12-25(3)22(26)13-28-23(27)20-10-6-7-11-21(20)30-15-19-14-29-17(2)24-19/h4-11,14H,12-13,15H2,1-3H3. The van der Waals surface area contributed by atoms with Crippen LogP contribution in [0.1, 0.15) is 32.2 Å². The van der Waals surface area contributed by atoms with E-state index >= 15 is 0 Å². The Morgan fingerprint density at radius 3 is 2.57 bits per heavy atom. The van der Waals surface area contributed by atoms with E-state index in [1.807, 2.05) is 55.6 Å². The first-order valence-electron chi connectivity index (χ1n) is 9.52. The topological polar surface area (TPSA) is 59.5 Å². The summed E-state index contributed by atoms with van der Waals surface area (Å²) in [6, 6.07) is 15.2. The van der Waals surface area contributed by atoms with E-state index in [2.05, 4.69) is 4.98 Å². The molecule has 0 unspecified atom stereocenters. The number of thiazole rings is 1. The average Bonchev–Trinajstić information content (AvgIpc) is 3.17. The molecular formula is C23H24N2O3S2. The molecule has 3 rings (SSSR count). The van der Waals surface area contributed by atoms with Crippen molar-refractivity contribution in [1.29, 1.82) is 0 Å². The van der Waals surface area contributed by atoms with Gasteiger partial charge in [0, 0.05) is 29.6 Å². The van der Waals surface area contributed by atoms with Crippen molar-refractivity contribution < 1.29 is 14.3 Å². The Bertz CT molecular complexity index is 1030. The van der Waals surface area contributed by atoms with Gasteiger partial charge in [0.05, 0.1) is 16.3 Å². The minimum Gasteiger partial charge on any atom is -0.452 e. The maximum atomic E-state index is 12.6. The number of rotatable bonds is 8. The smallest absolute Gasteiger partial charge is 0.339 e. The van der Waals surface area contributed by atoms with E-state index < -0.39 is 5.97 Å². The quantitative estimate of drug-likeness (QED) is 0.370. The summed E-state index contributed by atoms with van der Waals surface area (Å²) in [7, 11) is 1.71. The lowest BCUT2D eigenvalue weighted by atomic mass is 10.1. The van der Waals surface area contributed by atoms with Crippen molar-refractivity contribution in [2.45, 2.75) is 31.0 Å². The van der Waals surface area contributed by atoms with Crippen LogP contribution < -0.4 is 0 Å². The first-order chi connectivity index (χ1) is 14.4. The molecule has 0 aliphatic rings. The lowest BCUT2D eigenvalue weighted by Gasteiger charge is -2.18. The highest BCUT2D eigenvalue weighted by molar-refractivity contribution is 7.98. The Kier molecular flexibility index (Phi) is 7.65. The third-order valence-corrected chi connectivity index (χ3v) is 6.50. The third kappa shape index (κ3) is 5.93. The van der Waals surface area contributed by atoms with Gasteiger partial charge in [0.1, 0.15) is 0 Å². The highest BCUT2D eigenvalue weighted by Gasteiger charge is 2.17. The Balaban J connectivity index is 1.56. The lowest BCUT2D eigenvalue weighted by Crippen LogP contribution is -2.31. The van der Waals surface area contributed by atoms with Gasteiger partial charge in [-0.05, 0) is 37.1 Å². The average molecular weight is 441 g/mol. The fourth-order valence-corrected chi connectivity index (χ4v) is 4.48. The van der Waals surface area contributed by atoms with Gasteiger partial charge in [-0.2, -0.15) is 0 Å². The number of aryl methyl sites for hydroxylation is 2. The molecule has 0 aliphatic heterocycles. The number of hydrogen-bond donors (Lipinski definition) is 0. The Morgan fingerprint density at radius 1 is 1.10 bits per heavy atom. The number of thioether (sulfide) groups is 1. The molecule has 5 nitrogen and oxygen atoms in total. The number of ether oxygens (including phenoxy) is 1. The van der Waals surface area contributed by atoms with Gasteiger partial charge in [-0.25, -0.2) is 9.78 Å². The van der Waals surface area contributed by atoms with Crippen molar-refractivity contribution in [1.82, 2.24) is 9.88 Å². The van der Waals surface area contributed by atoms with E-state index in [4.69, 9.17) is 4.74 Å². The highest BCUT2D eigenvalue weighted by Crippen LogP contribution is 2.27. The second-order valence-electron chi connectivity index (χ2n) is 6.90. The Hall–Kier alpha value is -2.64. The molecule has 1 heterocycles. The second-order valence-corrected chi connectivity index (χ2v) is 8.97. The van der Waals surface area contributed by atoms with Crippen molar-refractivity contribution in [2.24, 2.45) is 0 Å². The molecule has 0 bridgehead atoms. The van der Waals surface area contributed by atoms with Crippen molar-refractivity contribution >= 4 is 35.0 Å². The molecule has 2 aromatic carbocycles. The van der Waals surface area contributed by atoms with Gasteiger partial charge in [0.25, 0.3) is 5.91 Å². The zero-order chi connectivity index (χ0) is 21.5. The van der Waals surface area contributed by atoms with E-state index in [1.54, 1.807) is 35.4 Å². The van der Waals surface area contributed by atoms with E-state index in [-0.39, 0.29) is 12.5 Å². The van der Waals surface area contributed by atoms with Gasteiger partial charge in [-0.15, -0.1) is 23.1 Å². The van der Waals surface area contributed by atoms with Crippen LogP contribution in [0.5, 0.6) is 0 Å². The van der Waals surface area contributed by atoms with Crippen molar-refractivity contribution in [3.05, 3.63) is 81.3 Å². The third-order valence-electron chi connectivity index (χ3n) is 4.57. The number of benzene rings is 2. The fourth-order valence-electron chi connectivity index (χ4n) is 2.83. The lowest BCUT2D eigenvalue weighted by molar-refractivity contribution is -0.133. The van der Waals surface area contributed by atoms with E-state index in [9.17, 15) is 9.59 Å². The van der Waals surface area contributed by atoms with Gasteiger partial charge in [0.2, 0.25) is 0 Å². The number of aromatic nitrogens is 1. The predicted molar refractivity (Wildman–Crippen MR) is 121 cm³/mol. The molecule has 0 fully saturated rings. The van der Waals surface area contributed by atoms with Gasteiger partial charge in [0.15, 0.2) is 6.61 Å². The summed E-state index contributed by atoms with van der Waals surface area (Å²) in [5, 5.41) is 3.04. The Morgan fingerprint density at radius 2 is 1.83 bits per heavy atom. The van der Waals surface area contributed by atoms with Crippen LogP contribution in [0.15, 0.2) is 58.8 Å². The van der Waals surface area contributed by atoms with Gasteiger partial charge >= 0.3 is 5.97 Å². The molecule has 156 valence electrons. The summed E-state index contributed by atoms with van der Waals surface area (Å²) >= 11 is 3.14. The monoisotopic (exact) mass is 440 g/mol. The largest absolute Gasteiger partial charge is 0.452 e. The Labute approximate surface area is 185 Å².